The van der Waals surface area contributed by atoms with E-state index in [0.29, 0.717) is 25.3 Å². The summed E-state index contributed by atoms with van der Waals surface area (Å²) in [4.78, 5) is 12.3. The van der Waals surface area contributed by atoms with Crippen LogP contribution in [0.25, 0.3) is 33.8 Å². The van der Waals surface area contributed by atoms with Gasteiger partial charge in [-0.1, -0.05) is 97.1 Å². The lowest BCUT2D eigenvalue weighted by Crippen LogP contribution is -2.12. The molecule has 0 spiro atoms. The van der Waals surface area contributed by atoms with Crippen LogP contribution in [0.15, 0.2) is 97.1 Å². The van der Waals surface area contributed by atoms with E-state index in [1.54, 1.807) is 0 Å². The largest absolute Gasteiger partial charge is 0.493 e. The zero-order valence-electron chi connectivity index (χ0n) is 18.7. The third kappa shape index (κ3) is 4.30. The molecule has 1 heterocycles. The van der Waals surface area contributed by atoms with Crippen molar-refractivity contribution < 1.29 is 14.6 Å². The van der Waals surface area contributed by atoms with E-state index in [1.165, 1.54) is 0 Å². The van der Waals surface area contributed by atoms with E-state index in [2.05, 4.69) is 18.2 Å². The number of ether oxygens (including phenoxy) is 1. The molecule has 4 nitrogen and oxygen atoms in total. The van der Waals surface area contributed by atoms with Crippen molar-refractivity contribution in [3.8, 4) is 5.75 Å². The molecule has 0 saturated carbocycles. The fraction of sp³-hybridized carbons (Fsp3) is 0.100. The number of para-hydroxylation sites is 1. The van der Waals surface area contributed by atoms with Gasteiger partial charge in [0.1, 0.15) is 11.4 Å². The molecular formula is C30H25NO3. The molecule has 0 amide bonds. The van der Waals surface area contributed by atoms with Gasteiger partial charge in [0.25, 0.3) is 0 Å². The number of hydrogen-bond acceptors (Lipinski definition) is 2. The lowest BCUT2D eigenvalue weighted by atomic mass is 10.1. The number of carboxylic acids is 1. The first kappa shape index (κ1) is 21.5. The Balaban J connectivity index is 1.41. The highest BCUT2D eigenvalue weighted by atomic mass is 16.5. The Morgan fingerprint density at radius 3 is 2.32 bits per heavy atom. The standard InChI is InChI=1S/C30H25NO3/c32-30(33)29-26(19-18-22-10-2-1-3-11-22)25-15-6-7-16-27(25)31(29)20-9-21-34-28-17-8-13-23-12-4-5-14-24(23)28/h1-8,10-19H,9,20-21H2,(H,32,33)/b19-18+. The van der Waals surface area contributed by atoms with Crippen LogP contribution in [0.2, 0.25) is 0 Å². The number of nitrogens with zero attached hydrogens (tertiary/aromatic N) is 1. The van der Waals surface area contributed by atoms with Gasteiger partial charge in [-0.25, -0.2) is 4.79 Å². The third-order valence-corrected chi connectivity index (χ3v) is 5.99. The van der Waals surface area contributed by atoms with Gasteiger partial charge in [0.2, 0.25) is 0 Å². The summed E-state index contributed by atoms with van der Waals surface area (Å²) in [5.41, 5.74) is 2.97. The molecule has 1 aromatic heterocycles. The van der Waals surface area contributed by atoms with Gasteiger partial charge in [-0.2, -0.15) is 0 Å². The minimum Gasteiger partial charge on any atom is -0.493 e. The molecule has 0 aliphatic rings. The van der Waals surface area contributed by atoms with Crippen molar-refractivity contribution in [1.29, 1.82) is 0 Å². The van der Waals surface area contributed by atoms with Crippen molar-refractivity contribution in [3.63, 3.8) is 0 Å². The predicted octanol–water partition coefficient (Wildman–Crippen LogP) is 7.13. The van der Waals surface area contributed by atoms with E-state index in [0.717, 1.165) is 38.6 Å². The van der Waals surface area contributed by atoms with Crippen LogP contribution < -0.4 is 4.74 Å². The van der Waals surface area contributed by atoms with Crippen LogP contribution in [0.4, 0.5) is 0 Å². The van der Waals surface area contributed by atoms with Crippen LogP contribution in [-0.4, -0.2) is 22.2 Å². The number of benzene rings is 4. The molecule has 1 N–H and O–H groups in total. The normalized spacial score (nSPS) is 11.4. The molecule has 168 valence electrons. The molecule has 0 bridgehead atoms. The summed E-state index contributed by atoms with van der Waals surface area (Å²) in [5.74, 6) is -0.0840. The second-order valence-electron chi connectivity index (χ2n) is 8.16. The molecule has 0 radical (unpaired) electrons. The molecule has 34 heavy (non-hydrogen) atoms. The molecule has 0 unspecified atom stereocenters. The Morgan fingerprint density at radius 1 is 0.794 bits per heavy atom. The summed E-state index contributed by atoms with van der Waals surface area (Å²) >= 11 is 0. The highest BCUT2D eigenvalue weighted by Gasteiger charge is 2.20. The topological polar surface area (TPSA) is 51.5 Å². The maximum absolute atomic E-state index is 12.3. The Labute approximate surface area is 198 Å². The van der Waals surface area contributed by atoms with Crippen LogP contribution in [0.1, 0.15) is 28.0 Å². The lowest BCUT2D eigenvalue weighted by molar-refractivity contribution is 0.0685. The van der Waals surface area contributed by atoms with Crippen LogP contribution in [0, 0.1) is 0 Å². The van der Waals surface area contributed by atoms with Crippen molar-refractivity contribution in [3.05, 3.63) is 114 Å². The Hall–Kier alpha value is -4.31. The summed E-state index contributed by atoms with van der Waals surface area (Å²) in [7, 11) is 0. The Morgan fingerprint density at radius 2 is 1.50 bits per heavy atom. The van der Waals surface area contributed by atoms with E-state index in [9.17, 15) is 9.90 Å². The number of aryl methyl sites for hydroxylation is 1. The van der Waals surface area contributed by atoms with E-state index >= 15 is 0 Å². The first-order valence-electron chi connectivity index (χ1n) is 11.4. The highest BCUT2D eigenvalue weighted by molar-refractivity contribution is 6.03. The molecule has 4 heteroatoms. The summed E-state index contributed by atoms with van der Waals surface area (Å²) in [6.45, 7) is 1.04. The zero-order valence-corrected chi connectivity index (χ0v) is 18.7. The summed E-state index contributed by atoms with van der Waals surface area (Å²) in [6, 6.07) is 31.9. The average Bonchev–Trinajstić information content (AvgIpc) is 3.19. The minimum atomic E-state index is -0.932. The number of aromatic nitrogens is 1. The van der Waals surface area contributed by atoms with Gasteiger partial charge in [0.05, 0.1) is 6.61 Å². The smallest absolute Gasteiger partial charge is 0.353 e. The number of hydrogen-bond donors (Lipinski definition) is 1. The van der Waals surface area contributed by atoms with Crippen molar-refractivity contribution in [2.75, 3.05) is 6.61 Å². The maximum Gasteiger partial charge on any atom is 0.353 e. The lowest BCUT2D eigenvalue weighted by Gasteiger charge is -2.11. The molecule has 4 aromatic carbocycles. The SMILES string of the molecule is O=C(O)c1c(/C=C/c2ccccc2)c2ccccc2n1CCCOc1cccc2ccccc12. The average molecular weight is 448 g/mol. The van der Waals surface area contributed by atoms with Crippen molar-refractivity contribution in [2.24, 2.45) is 0 Å². The maximum atomic E-state index is 12.3. The molecule has 0 atom stereocenters. The van der Waals surface area contributed by atoms with Crippen molar-refractivity contribution in [2.45, 2.75) is 13.0 Å². The quantitative estimate of drug-likeness (QED) is 0.257. The number of aromatic carboxylic acids is 1. The van der Waals surface area contributed by atoms with Gasteiger partial charge >= 0.3 is 5.97 Å². The predicted molar refractivity (Wildman–Crippen MR) is 138 cm³/mol. The van der Waals surface area contributed by atoms with Gasteiger partial charge in [-0.15, -0.1) is 0 Å². The van der Waals surface area contributed by atoms with E-state index in [1.807, 2.05) is 95.6 Å². The van der Waals surface area contributed by atoms with Crippen LogP contribution >= 0.6 is 0 Å². The zero-order chi connectivity index (χ0) is 23.3. The first-order valence-corrected chi connectivity index (χ1v) is 11.4. The van der Waals surface area contributed by atoms with Gasteiger partial charge in [-0.05, 0) is 29.5 Å². The van der Waals surface area contributed by atoms with Gasteiger partial charge < -0.3 is 14.4 Å². The highest BCUT2D eigenvalue weighted by Crippen LogP contribution is 2.29. The first-order chi connectivity index (χ1) is 16.7. The molecule has 0 saturated heterocycles. The number of rotatable bonds is 8. The Bertz CT molecular complexity index is 1480. The van der Waals surface area contributed by atoms with Crippen molar-refractivity contribution in [1.82, 2.24) is 4.57 Å². The summed E-state index contributed by atoms with van der Waals surface area (Å²) in [6.07, 6.45) is 4.55. The number of carboxylic acid groups (broad SMARTS) is 1. The molecule has 5 rings (SSSR count). The second-order valence-corrected chi connectivity index (χ2v) is 8.16. The van der Waals surface area contributed by atoms with Gasteiger partial charge in [-0.3, -0.25) is 0 Å². The minimum absolute atomic E-state index is 0.304. The fourth-order valence-electron chi connectivity index (χ4n) is 4.43. The Kier molecular flexibility index (Phi) is 6.13. The van der Waals surface area contributed by atoms with Gasteiger partial charge in [0.15, 0.2) is 0 Å². The number of fused-ring (bicyclic) bond motifs is 2. The van der Waals surface area contributed by atoms with E-state index in [-0.39, 0.29) is 0 Å². The number of carbonyl (C=O) groups is 1. The van der Waals surface area contributed by atoms with E-state index in [4.69, 9.17) is 4.74 Å². The molecule has 0 fully saturated rings. The van der Waals surface area contributed by atoms with Crippen molar-refractivity contribution >= 4 is 39.8 Å². The van der Waals surface area contributed by atoms with Crippen LogP contribution in [-0.2, 0) is 6.54 Å². The summed E-state index contributed by atoms with van der Waals surface area (Å²) in [5, 5.41) is 13.3. The summed E-state index contributed by atoms with van der Waals surface area (Å²) < 4.78 is 7.99. The monoisotopic (exact) mass is 447 g/mol. The second kappa shape index (κ2) is 9.67. The molecular weight excluding hydrogens is 422 g/mol. The van der Waals surface area contributed by atoms with Crippen LogP contribution in [0.3, 0.4) is 0 Å². The molecule has 5 aromatic rings. The van der Waals surface area contributed by atoms with E-state index < -0.39 is 5.97 Å². The van der Waals surface area contributed by atoms with Crippen LogP contribution in [0.5, 0.6) is 5.75 Å². The third-order valence-electron chi connectivity index (χ3n) is 5.99. The fourth-order valence-corrected chi connectivity index (χ4v) is 4.43. The molecule has 0 aliphatic carbocycles. The molecule has 0 aliphatic heterocycles. The van der Waals surface area contributed by atoms with Gasteiger partial charge in [0, 0.05) is 28.4 Å².